The molecule has 9 heteroatoms. The number of alkyl halides is 1. The first-order valence-electron chi connectivity index (χ1n) is 6.90. The van der Waals surface area contributed by atoms with Crippen LogP contribution in [0.1, 0.15) is 36.8 Å². The van der Waals surface area contributed by atoms with Crippen LogP contribution in [0.2, 0.25) is 0 Å². The van der Waals surface area contributed by atoms with Crippen LogP contribution in [-0.4, -0.2) is 32.3 Å². The van der Waals surface area contributed by atoms with Gasteiger partial charge in [-0.1, -0.05) is 15.9 Å². The van der Waals surface area contributed by atoms with E-state index in [-0.39, 0.29) is 16.6 Å². The zero-order valence-corrected chi connectivity index (χ0v) is 14.8. The molecule has 8 nitrogen and oxygen atoms in total. The van der Waals surface area contributed by atoms with Crippen LogP contribution in [0.5, 0.6) is 0 Å². The number of halogens is 1. The number of fused-ring (bicyclic) bond motifs is 1. The minimum absolute atomic E-state index is 0.101. The van der Waals surface area contributed by atoms with Crippen molar-refractivity contribution in [2.75, 3.05) is 0 Å². The minimum Gasteiger partial charge on any atom is -0.477 e. The second kappa shape index (κ2) is 6.23. The van der Waals surface area contributed by atoms with Gasteiger partial charge in [0.25, 0.3) is 5.69 Å². The quantitative estimate of drug-likeness (QED) is 0.476. The Balaban J connectivity index is 2.84. The van der Waals surface area contributed by atoms with Gasteiger partial charge in [0, 0.05) is 16.8 Å². The summed E-state index contributed by atoms with van der Waals surface area (Å²) in [6.07, 6.45) is -0.982. The molecule has 2 aromatic rings. The number of hydrogen-bond acceptors (Lipinski definition) is 5. The van der Waals surface area contributed by atoms with Crippen LogP contribution in [0.4, 0.5) is 10.5 Å². The summed E-state index contributed by atoms with van der Waals surface area (Å²) in [6.45, 7) is 4.86. The number of carboxylic acid groups (broad SMARTS) is 1. The fourth-order valence-corrected chi connectivity index (χ4v) is 2.58. The number of carboxylic acids is 1. The van der Waals surface area contributed by atoms with Crippen LogP contribution < -0.4 is 0 Å². The smallest absolute Gasteiger partial charge is 0.419 e. The predicted octanol–water partition coefficient (Wildman–Crippen LogP) is 3.93. The van der Waals surface area contributed by atoms with Crippen LogP contribution in [0.15, 0.2) is 18.2 Å². The second-order valence-electron chi connectivity index (χ2n) is 6.09. The summed E-state index contributed by atoms with van der Waals surface area (Å²) in [6, 6.07) is 4.11. The molecule has 2 rings (SSSR count). The average molecular weight is 399 g/mol. The fraction of sp³-hybridized carbons (Fsp3) is 0.333. The first kappa shape index (κ1) is 17.9. The van der Waals surface area contributed by atoms with Gasteiger partial charge in [0.2, 0.25) is 0 Å². The van der Waals surface area contributed by atoms with E-state index in [1.54, 1.807) is 26.8 Å². The number of rotatable bonds is 3. The maximum absolute atomic E-state index is 12.4. The zero-order valence-electron chi connectivity index (χ0n) is 13.2. The lowest BCUT2D eigenvalue weighted by Crippen LogP contribution is -2.28. The number of carbonyl (C=O) groups is 2. The number of nitro groups is 1. The van der Waals surface area contributed by atoms with Gasteiger partial charge in [-0.25, -0.2) is 14.2 Å². The normalized spacial score (nSPS) is 11.5. The highest BCUT2D eigenvalue weighted by Gasteiger charge is 2.29. The summed E-state index contributed by atoms with van der Waals surface area (Å²) in [4.78, 5) is 34.7. The molecule has 0 aliphatic heterocycles. The number of non-ortho nitro benzene ring substituents is 1. The Labute approximate surface area is 145 Å². The Morgan fingerprint density at radius 2 is 1.96 bits per heavy atom. The number of nitrogens with zero attached hydrogens (tertiary/aromatic N) is 2. The molecule has 0 saturated carbocycles. The van der Waals surface area contributed by atoms with Crippen molar-refractivity contribution in [3.05, 3.63) is 39.6 Å². The van der Waals surface area contributed by atoms with Gasteiger partial charge in [-0.15, -0.1) is 0 Å². The number of hydrogen-bond donors (Lipinski definition) is 1. The average Bonchev–Trinajstić information content (AvgIpc) is 2.83. The van der Waals surface area contributed by atoms with Crippen molar-refractivity contribution in [3.63, 3.8) is 0 Å². The summed E-state index contributed by atoms with van der Waals surface area (Å²) < 4.78 is 5.94. The second-order valence-corrected chi connectivity index (χ2v) is 6.65. The molecule has 128 valence electrons. The topological polar surface area (TPSA) is 112 Å². The number of aromatic nitrogens is 1. The van der Waals surface area contributed by atoms with Gasteiger partial charge in [-0.3, -0.25) is 10.1 Å². The molecule has 0 radical (unpaired) electrons. The summed E-state index contributed by atoms with van der Waals surface area (Å²) in [5.41, 5.74) is -1.15. The van der Waals surface area contributed by atoms with Gasteiger partial charge < -0.3 is 9.84 Å². The van der Waals surface area contributed by atoms with E-state index >= 15 is 0 Å². The third kappa shape index (κ3) is 3.40. The van der Waals surface area contributed by atoms with Gasteiger partial charge in [0.05, 0.1) is 4.92 Å². The Kier molecular flexibility index (Phi) is 4.66. The van der Waals surface area contributed by atoms with Crippen molar-refractivity contribution >= 4 is 44.6 Å². The molecule has 1 aromatic heterocycles. The molecular weight excluding hydrogens is 384 g/mol. The van der Waals surface area contributed by atoms with E-state index in [1.165, 1.54) is 12.1 Å². The molecule has 0 bridgehead atoms. The van der Waals surface area contributed by atoms with Gasteiger partial charge in [0.15, 0.2) is 0 Å². The largest absolute Gasteiger partial charge is 0.477 e. The van der Waals surface area contributed by atoms with Crippen LogP contribution in [0, 0.1) is 10.1 Å². The van der Waals surface area contributed by atoms with E-state index in [9.17, 15) is 24.8 Å². The maximum Gasteiger partial charge on any atom is 0.419 e. The summed E-state index contributed by atoms with van der Waals surface area (Å²) >= 11 is 3.21. The first-order valence-corrected chi connectivity index (χ1v) is 8.02. The predicted molar refractivity (Wildman–Crippen MR) is 89.8 cm³/mol. The molecule has 0 atom stereocenters. The van der Waals surface area contributed by atoms with E-state index in [2.05, 4.69) is 15.9 Å². The van der Waals surface area contributed by atoms with Crippen LogP contribution in [0.3, 0.4) is 0 Å². The fourth-order valence-electron chi connectivity index (χ4n) is 2.26. The highest BCUT2D eigenvalue weighted by Crippen LogP contribution is 2.32. The van der Waals surface area contributed by atoms with Crippen molar-refractivity contribution < 1.29 is 24.4 Å². The molecule has 0 amide bonds. The summed E-state index contributed by atoms with van der Waals surface area (Å²) in [5.74, 6) is -1.38. The molecule has 0 spiro atoms. The van der Waals surface area contributed by atoms with E-state index < -0.39 is 28.3 Å². The Morgan fingerprint density at radius 1 is 1.33 bits per heavy atom. The Bertz CT molecular complexity index is 850. The number of carbonyl (C=O) groups excluding carboxylic acids is 1. The number of aromatic carboxylic acids is 1. The first-order chi connectivity index (χ1) is 11.0. The van der Waals surface area contributed by atoms with Crippen LogP contribution in [0.25, 0.3) is 10.9 Å². The van der Waals surface area contributed by atoms with Crippen molar-refractivity contribution in [2.24, 2.45) is 0 Å². The summed E-state index contributed by atoms with van der Waals surface area (Å²) in [7, 11) is 0. The minimum atomic E-state index is -1.38. The van der Waals surface area contributed by atoms with Gasteiger partial charge in [-0.05, 0) is 38.5 Å². The highest BCUT2D eigenvalue weighted by atomic mass is 79.9. The molecule has 0 unspecified atom stereocenters. The van der Waals surface area contributed by atoms with Crippen LogP contribution in [-0.2, 0) is 10.1 Å². The van der Waals surface area contributed by atoms with E-state index in [1.807, 2.05) is 0 Å². The van der Waals surface area contributed by atoms with Crippen molar-refractivity contribution in [1.82, 2.24) is 4.57 Å². The van der Waals surface area contributed by atoms with E-state index in [4.69, 9.17) is 4.74 Å². The monoisotopic (exact) mass is 398 g/mol. The lowest BCUT2D eigenvalue weighted by atomic mass is 10.1. The lowest BCUT2D eigenvalue weighted by molar-refractivity contribution is -0.383. The zero-order chi connectivity index (χ0) is 18.2. The SMILES string of the molecule is CC(C)(C)OC(=O)n1c(C(=O)O)cc2cc(CBr)cc([N+](=O)[O-])c21. The molecule has 0 aliphatic rings. The number of benzene rings is 1. The third-order valence-electron chi connectivity index (χ3n) is 3.08. The molecule has 24 heavy (non-hydrogen) atoms. The Hall–Kier alpha value is -2.42. The van der Waals surface area contributed by atoms with Crippen molar-refractivity contribution in [1.29, 1.82) is 0 Å². The molecular formula is C15H15BrN2O6. The third-order valence-corrected chi connectivity index (χ3v) is 3.73. The van der Waals surface area contributed by atoms with Crippen molar-refractivity contribution in [2.45, 2.75) is 31.7 Å². The summed E-state index contributed by atoms with van der Waals surface area (Å²) in [5, 5.41) is 21.4. The Morgan fingerprint density at radius 3 is 2.42 bits per heavy atom. The maximum atomic E-state index is 12.4. The van der Waals surface area contributed by atoms with Gasteiger partial charge in [0.1, 0.15) is 16.8 Å². The molecule has 1 N–H and O–H groups in total. The van der Waals surface area contributed by atoms with Crippen LogP contribution >= 0.6 is 15.9 Å². The van der Waals surface area contributed by atoms with Gasteiger partial charge in [-0.2, -0.15) is 0 Å². The van der Waals surface area contributed by atoms with Gasteiger partial charge >= 0.3 is 12.1 Å². The van der Waals surface area contributed by atoms with Crippen molar-refractivity contribution in [3.8, 4) is 0 Å². The number of nitro benzene ring substituents is 1. The molecule has 0 fully saturated rings. The molecule has 0 aliphatic carbocycles. The molecule has 1 aromatic carbocycles. The highest BCUT2D eigenvalue weighted by molar-refractivity contribution is 9.08. The molecule has 0 saturated heterocycles. The number of ether oxygens (including phenoxy) is 1. The molecule has 1 heterocycles. The standard InChI is InChI=1S/C15H15BrN2O6/c1-15(2,3)24-14(21)17-11(13(19)20)6-9-4-8(7-16)5-10(12(9)17)18(22)23/h4-6H,7H2,1-3H3,(H,19,20). The van der Waals surface area contributed by atoms with E-state index in [0.29, 0.717) is 10.9 Å². The van der Waals surface area contributed by atoms with E-state index in [0.717, 1.165) is 4.57 Å². The lowest BCUT2D eigenvalue weighted by Gasteiger charge is -2.20.